The average molecular weight is 466 g/mol. The zero-order valence-electron chi connectivity index (χ0n) is 18.4. The molecule has 0 saturated carbocycles. The Bertz CT molecular complexity index is 1140. The molecule has 0 spiro atoms. The Morgan fingerprint density at radius 1 is 1.03 bits per heavy atom. The van der Waals surface area contributed by atoms with Crippen LogP contribution in [0.15, 0.2) is 78.9 Å². The maximum absolute atomic E-state index is 14.6. The van der Waals surface area contributed by atoms with Gasteiger partial charge in [-0.2, -0.15) is 0 Å². The van der Waals surface area contributed by atoms with Crippen LogP contribution in [0.2, 0.25) is 0 Å². The predicted octanol–water partition coefficient (Wildman–Crippen LogP) is 3.71. The lowest BCUT2D eigenvalue weighted by Crippen LogP contribution is -2.49. The summed E-state index contributed by atoms with van der Waals surface area (Å²) in [6.07, 6.45) is 0.882. The minimum absolute atomic E-state index is 0.207. The minimum Gasteiger partial charge on any atom is -0.497 e. The van der Waals surface area contributed by atoms with Gasteiger partial charge in [-0.1, -0.05) is 54.6 Å². The van der Waals surface area contributed by atoms with Crippen LogP contribution >= 0.6 is 7.52 Å². The molecule has 2 N–H and O–H groups in total. The van der Waals surface area contributed by atoms with Gasteiger partial charge in [-0.25, -0.2) is 10.2 Å². The SMILES string of the molecule is COc1ccc(P(=O)(OCCc2ccccc2)N2Cc3ccccc3C[C@@H]2C(=O)NO)cc1. The number of carbonyl (C=O) groups excluding carboxylic acids is 1. The largest absolute Gasteiger partial charge is 0.497 e. The van der Waals surface area contributed by atoms with Crippen molar-refractivity contribution in [3.63, 3.8) is 0 Å². The summed E-state index contributed by atoms with van der Waals surface area (Å²) < 4.78 is 27.6. The van der Waals surface area contributed by atoms with Gasteiger partial charge in [0.1, 0.15) is 11.8 Å². The Labute approximate surface area is 193 Å². The van der Waals surface area contributed by atoms with Crippen LogP contribution in [0.3, 0.4) is 0 Å². The molecular formula is C25H27N2O5P. The molecule has 1 unspecified atom stereocenters. The van der Waals surface area contributed by atoms with E-state index in [4.69, 9.17) is 9.26 Å². The zero-order chi connectivity index (χ0) is 23.3. The first-order chi connectivity index (χ1) is 16.0. The van der Waals surface area contributed by atoms with E-state index in [1.807, 2.05) is 54.6 Å². The van der Waals surface area contributed by atoms with Crippen LogP contribution in [0, 0.1) is 0 Å². The molecule has 3 aromatic carbocycles. The van der Waals surface area contributed by atoms with Crippen molar-refractivity contribution in [1.82, 2.24) is 10.2 Å². The molecule has 0 aliphatic carbocycles. The van der Waals surface area contributed by atoms with E-state index < -0.39 is 19.5 Å². The summed E-state index contributed by atoms with van der Waals surface area (Å²) in [6.45, 7) is 0.460. The first-order valence-electron chi connectivity index (χ1n) is 10.8. The Kier molecular flexibility index (Phi) is 7.26. The van der Waals surface area contributed by atoms with Gasteiger partial charge in [0.2, 0.25) is 0 Å². The van der Waals surface area contributed by atoms with Crippen molar-refractivity contribution in [2.45, 2.75) is 25.4 Å². The van der Waals surface area contributed by atoms with Gasteiger partial charge in [-0.3, -0.25) is 14.6 Å². The fourth-order valence-corrected chi connectivity index (χ4v) is 6.44. The molecule has 8 heteroatoms. The van der Waals surface area contributed by atoms with E-state index in [1.165, 1.54) is 0 Å². The number of nitrogens with one attached hydrogen (secondary N) is 1. The average Bonchev–Trinajstić information content (AvgIpc) is 2.88. The number of hydrogen-bond acceptors (Lipinski definition) is 5. The van der Waals surface area contributed by atoms with Crippen molar-refractivity contribution < 1.29 is 23.8 Å². The number of hydroxylamine groups is 1. The second kappa shape index (κ2) is 10.3. The number of amides is 1. The van der Waals surface area contributed by atoms with Gasteiger partial charge in [0, 0.05) is 6.54 Å². The Morgan fingerprint density at radius 3 is 2.36 bits per heavy atom. The summed E-state index contributed by atoms with van der Waals surface area (Å²) in [6, 6.07) is 23.5. The van der Waals surface area contributed by atoms with Gasteiger partial charge in [-0.15, -0.1) is 0 Å². The van der Waals surface area contributed by atoms with Crippen molar-refractivity contribution in [3.8, 4) is 5.75 Å². The van der Waals surface area contributed by atoms with E-state index >= 15 is 0 Å². The molecule has 172 valence electrons. The van der Waals surface area contributed by atoms with E-state index in [1.54, 1.807) is 41.5 Å². The maximum Gasteiger partial charge on any atom is 0.303 e. The molecule has 1 aliphatic heterocycles. The molecule has 1 aliphatic rings. The molecule has 7 nitrogen and oxygen atoms in total. The summed E-state index contributed by atoms with van der Waals surface area (Å²) >= 11 is 0. The number of benzene rings is 3. The number of methoxy groups -OCH3 is 1. The molecule has 2 atom stereocenters. The zero-order valence-corrected chi connectivity index (χ0v) is 19.3. The van der Waals surface area contributed by atoms with Crippen molar-refractivity contribution in [2.24, 2.45) is 0 Å². The van der Waals surface area contributed by atoms with Crippen LogP contribution < -0.4 is 15.5 Å². The van der Waals surface area contributed by atoms with Crippen molar-refractivity contribution in [2.75, 3.05) is 13.7 Å². The predicted molar refractivity (Wildman–Crippen MR) is 126 cm³/mol. The smallest absolute Gasteiger partial charge is 0.303 e. The van der Waals surface area contributed by atoms with Gasteiger partial charge in [-0.05, 0) is 53.8 Å². The lowest BCUT2D eigenvalue weighted by Gasteiger charge is -2.39. The van der Waals surface area contributed by atoms with Gasteiger partial charge in [0.05, 0.1) is 19.0 Å². The van der Waals surface area contributed by atoms with Crippen LogP contribution in [0.5, 0.6) is 5.75 Å². The van der Waals surface area contributed by atoms with Gasteiger partial charge in [0.25, 0.3) is 5.91 Å². The fraction of sp³-hybridized carbons (Fsp3) is 0.240. The molecule has 1 heterocycles. The van der Waals surface area contributed by atoms with Crippen LogP contribution in [-0.2, 0) is 33.3 Å². The van der Waals surface area contributed by atoms with E-state index in [0.29, 0.717) is 23.9 Å². The van der Waals surface area contributed by atoms with Gasteiger partial charge in [0.15, 0.2) is 0 Å². The second-order valence-electron chi connectivity index (χ2n) is 7.85. The highest BCUT2D eigenvalue weighted by molar-refractivity contribution is 7.64. The molecule has 3 aromatic rings. The number of fused-ring (bicyclic) bond motifs is 1. The molecule has 33 heavy (non-hydrogen) atoms. The summed E-state index contributed by atoms with van der Waals surface area (Å²) in [5, 5.41) is 9.87. The number of nitrogens with zero attached hydrogens (tertiary/aromatic N) is 1. The molecule has 0 saturated heterocycles. The van der Waals surface area contributed by atoms with Crippen molar-refractivity contribution in [3.05, 3.63) is 95.6 Å². The van der Waals surface area contributed by atoms with Crippen molar-refractivity contribution >= 4 is 18.7 Å². The van der Waals surface area contributed by atoms with E-state index in [0.717, 1.165) is 16.7 Å². The molecule has 1 amide bonds. The summed E-state index contributed by atoms with van der Waals surface area (Å²) in [5.74, 6) is 0.00752. The topological polar surface area (TPSA) is 88.1 Å². The number of carbonyl (C=O) groups is 1. The Morgan fingerprint density at radius 2 is 1.70 bits per heavy atom. The van der Waals surface area contributed by atoms with Gasteiger partial charge < -0.3 is 9.26 Å². The van der Waals surface area contributed by atoms with Crippen LogP contribution in [0.1, 0.15) is 16.7 Å². The quantitative estimate of drug-likeness (QED) is 0.299. The highest BCUT2D eigenvalue weighted by Gasteiger charge is 2.44. The van der Waals surface area contributed by atoms with Gasteiger partial charge >= 0.3 is 7.52 Å². The molecular weight excluding hydrogens is 439 g/mol. The van der Waals surface area contributed by atoms with Crippen molar-refractivity contribution in [1.29, 1.82) is 0 Å². The molecule has 4 rings (SSSR count). The highest BCUT2D eigenvalue weighted by Crippen LogP contribution is 2.54. The number of ether oxygens (including phenoxy) is 1. The summed E-state index contributed by atoms with van der Waals surface area (Å²) in [5.41, 5.74) is 4.76. The highest BCUT2D eigenvalue weighted by atomic mass is 31.2. The van der Waals surface area contributed by atoms with Crippen LogP contribution in [0.4, 0.5) is 0 Å². The normalized spacial score (nSPS) is 17.6. The Hall–Kier alpha value is -2.96. The molecule has 0 fully saturated rings. The lowest BCUT2D eigenvalue weighted by molar-refractivity contribution is -0.133. The maximum atomic E-state index is 14.6. The summed E-state index contributed by atoms with van der Waals surface area (Å²) in [7, 11) is -2.12. The third-order valence-electron chi connectivity index (χ3n) is 5.87. The number of rotatable bonds is 8. The first kappa shape index (κ1) is 23.2. The molecule has 0 bridgehead atoms. The third-order valence-corrected chi connectivity index (χ3v) is 8.45. The standard InChI is InChI=1S/C25H27N2O5P/c1-31-22-11-13-23(14-12-22)33(30,32-16-15-19-7-3-2-4-8-19)27-18-21-10-6-5-9-20(21)17-24(27)25(28)26-29/h2-14,24,29H,15-18H2,1H3,(H,26,28)/t24-,33?/m1/s1. The van der Waals surface area contributed by atoms with Crippen LogP contribution in [-0.4, -0.2) is 35.5 Å². The number of hydrogen-bond donors (Lipinski definition) is 2. The van der Waals surface area contributed by atoms with E-state index in [2.05, 4.69) is 0 Å². The van der Waals surface area contributed by atoms with E-state index in [9.17, 15) is 14.6 Å². The van der Waals surface area contributed by atoms with Crippen LogP contribution in [0.25, 0.3) is 0 Å². The lowest BCUT2D eigenvalue weighted by atomic mass is 9.95. The Balaban J connectivity index is 1.71. The monoisotopic (exact) mass is 466 g/mol. The third kappa shape index (κ3) is 5.02. The fourth-order valence-electron chi connectivity index (χ4n) is 4.09. The molecule has 0 radical (unpaired) electrons. The van der Waals surface area contributed by atoms with E-state index in [-0.39, 0.29) is 13.2 Å². The first-order valence-corrected chi connectivity index (χ1v) is 12.3. The minimum atomic E-state index is -3.69. The summed E-state index contributed by atoms with van der Waals surface area (Å²) in [4.78, 5) is 12.7. The molecule has 0 aromatic heterocycles. The second-order valence-corrected chi connectivity index (χ2v) is 10.2.